The van der Waals surface area contributed by atoms with Gasteiger partial charge in [0, 0.05) is 18.7 Å². The molecular formula is C14H21NO3. The zero-order valence-corrected chi connectivity index (χ0v) is 11.2. The number of hydrogen-bond donors (Lipinski definition) is 2. The molecule has 0 aromatic heterocycles. The van der Waals surface area contributed by atoms with Gasteiger partial charge in [-0.1, -0.05) is 18.2 Å². The second-order valence-electron chi connectivity index (χ2n) is 4.66. The number of benzene rings is 1. The van der Waals surface area contributed by atoms with Gasteiger partial charge in [0.05, 0.1) is 12.5 Å². The van der Waals surface area contributed by atoms with E-state index < -0.39 is 5.41 Å². The number of para-hydroxylation sites is 1. The lowest BCUT2D eigenvalue weighted by atomic mass is 9.83. The lowest BCUT2D eigenvalue weighted by Crippen LogP contribution is -2.40. The van der Waals surface area contributed by atoms with E-state index in [4.69, 9.17) is 9.84 Å². The van der Waals surface area contributed by atoms with Crippen molar-refractivity contribution >= 4 is 5.91 Å². The van der Waals surface area contributed by atoms with Crippen molar-refractivity contribution in [3.63, 3.8) is 0 Å². The predicted molar refractivity (Wildman–Crippen MR) is 70.7 cm³/mol. The summed E-state index contributed by atoms with van der Waals surface area (Å²) in [7, 11) is 1.60. The molecule has 1 aromatic carbocycles. The summed E-state index contributed by atoms with van der Waals surface area (Å²) in [5.41, 5.74) is 0.191. The monoisotopic (exact) mass is 251 g/mol. The number of carbonyl (C=O) groups excluding carboxylic acids is 1. The maximum atomic E-state index is 12.2. The van der Waals surface area contributed by atoms with Gasteiger partial charge in [-0.25, -0.2) is 0 Å². The molecule has 0 fully saturated rings. The van der Waals surface area contributed by atoms with Gasteiger partial charge in [-0.15, -0.1) is 0 Å². The van der Waals surface area contributed by atoms with Crippen LogP contribution in [-0.2, 0) is 10.2 Å². The highest BCUT2D eigenvalue weighted by atomic mass is 16.5. The van der Waals surface area contributed by atoms with E-state index in [-0.39, 0.29) is 12.5 Å². The average molecular weight is 251 g/mol. The Bertz CT molecular complexity index is 402. The molecule has 1 amide bonds. The molecule has 0 spiro atoms. The quantitative estimate of drug-likeness (QED) is 0.753. The van der Waals surface area contributed by atoms with Crippen molar-refractivity contribution in [2.45, 2.75) is 25.7 Å². The number of nitrogens with one attached hydrogen (secondary N) is 1. The Morgan fingerprint density at radius 1 is 1.39 bits per heavy atom. The van der Waals surface area contributed by atoms with Gasteiger partial charge in [-0.3, -0.25) is 4.79 Å². The molecule has 0 aliphatic carbocycles. The van der Waals surface area contributed by atoms with Gasteiger partial charge in [0.1, 0.15) is 5.75 Å². The first-order chi connectivity index (χ1) is 8.54. The van der Waals surface area contributed by atoms with Crippen LogP contribution in [0.4, 0.5) is 0 Å². The number of amides is 1. The maximum absolute atomic E-state index is 12.2. The lowest BCUT2D eigenvalue weighted by Gasteiger charge is -2.26. The SMILES string of the molecule is COc1ccccc1C(C)(C)C(=O)NCCCO. The van der Waals surface area contributed by atoms with E-state index >= 15 is 0 Å². The van der Waals surface area contributed by atoms with Crippen molar-refractivity contribution in [2.24, 2.45) is 0 Å². The number of methoxy groups -OCH3 is 1. The van der Waals surface area contributed by atoms with Crippen molar-refractivity contribution < 1.29 is 14.6 Å². The molecule has 0 saturated carbocycles. The second kappa shape index (κ2) is 6.40. The summed E-state index contributed by atoms with van der Waals surface area (Å²) < 4.78 is 5.29. The molecular weight excluding hydrogens is 230 g/mol. The third-order valence-corrected chi connectivity index (χ3v) is 2.97. The molecule has 0 bridgehead atoms. The van der Waals surface area contributed by atoms with Gasteiger partial charge in [-0.2, -0.15) is 0 Å². The highest BCUT2D eigenvalue weighted by Gasteiger charge is 2.31. The normalized spacial score (nSPS) is 11.1. The second-order valence-corrected chi connectivity index (χ2v) is 4.66. The highest BCUT2D eigenvalue weighted by Crippen LogP contribution is 2.31. The van der Waals surface area contributed by atoms with Crippen molar-refractivity contribution in [2.75, 3.05) is 20.3 Å². The number of aliphatic hydroxyl groups excluding tert-OH is 1. The molecule has 0 aliphatic rings. The predicted octanol–water partition coefficient (Wildman–Crippen LogP) is 1.47. The van der Waals surface area contributed by atoms with E-state index in [0.29, 0.717) is 18.7 Å². The van der Waals surface area contributed by atoms with E-state index in [9.17, 15) is 4.79 Å². The minimum Gasteiger partial charge on any atom is -0.496 e. The molecule has 4 nitrogen and oxygen atoms in total. The van der Waals surface area contributed by atoms with E-state index in [0.717, 1.165) is 5.56 Å². The lowest BCUT2D eigenvalue weighted by molar-refractivity contribution is -0.125. The Balaban J connectivity index is 2.87. The number of hydrogen-bond acceptors (Lipinski definition) is 3. The molecule has 4 heteroatoms. The van der Waals surface area contributed by atoms with Crippen LogP contribution in [0.1, 0.15) is 25.8 Å². The fourth-order valence-corrected chi connectivity index (χ4v) is 1.79. The van der Waals surface area contributed by atoms with Crippen molar-refractivity contribution in [3.8, 4) is 5.75 Å². The van der Waals surface area contributed by atoms with Gasteiger partial charge in [0.25, 0.3) is 0 Å². The van der Waals surface area contributed by atoms with Crippen LogP contribution >= 0.6 is 0 Å². The van der Waals surface area contributed by atoms with Crippen LogP contribution in [0.5, 0.6) is 5.75 Å². The zero-order chi connectivity index (χ0) is 13.6. The summed E-state index contributed by atoms with van der Waals surface area (Å²) in [4.78, 5) is 12.2. The number of carbonyl (C=O) groups is 1. The summed E-state index contributed by atoms with van der Waals surface area (Å²) >= 11 is 0. The molecule has 0 heterocycles. The van der Waals surface area contributed by atoms with Gasteiger partial charge in [0.2, 0.25) is 5.91 Å². The highest BCUT2D eigenvalue weighted by molar-refractivity contribution is 5.88. The van der Waals surface area contributed by atoms with Gasteiger partial charge in [0.15, 0.2) is 0 Å². The molecule has 1 rings (SSSR count). The summed E-state index contributed by atoms with van der Waals surface area (Å²) in [6.07, 6.45) is 0.563. The Labute approximate surface area is 108 Å². The number of ether oxygens (including phenoxy) is 1. The van der Waals surface area contributed by atoms with Crippen LogP contribution in [0.3, 0.4) is 0 Å². The first-order valence-corrected chi connectivity index (χ1v) is 6.06. The maximum Gasteiger partial charge on any atom is 0.230 e. The number of rotatable bonds is 6. The fourth-order valence-electron chi connectivity index (χ4n) is 1.79. The van der Waals surface area contributed by atoms with E-state index in [2.05, 4.69) is 5.32 Å². The third-order valence-electron chi connectivity index (χ3n) is 2.97. The molecule has 0 saturated heterocycles. The molecule has 18 heavy (non-hydrogen) atoms. The van der Waals surface area contributed by atoms with Crippen molar-refractivity contribution in [3.05, 3.63) is 29.8 Å². The average Bonchev–Trinajstić information content (AvgIpc) is 2.38. The van der Waals surface area contributed by atoms with E-state index in [1.807, 2.05) is 38.1 Å². The van der Waals surface area contributed by atoms with Crippen LogP contribution < -0.4 is 10.1 Å². The Morgan fingerprint density at radius 2 is 2.06 bits per heavy atom. The van der Waals surface area contributed by atoms with Crippen LogP contribution in [-0.4, -0.2) is 31.3 Å². The fraction of sp³-hybridized carbons (Fsp3) is 0.500. The van der Waals surface area contributed by atoms with E-state index in [1.54, 1.807) is 7.11 Å². The summed E-state index contributed by atoms with van der Waals surface area (Å²) in [5, 5.41) is 11.5. The summed E-state index contributed by atoms with van der Waals surface area (Å²) in [6, 6.07) is 7.51. The molecule has 0 radical (unpaired) electrons. The number of aliphatic hydroxyl groups is 1. The molecule has 100 valence electrons. The van der Waals surface area contributed by atoms with Gasteiger partial charge in [-0.05, 0) is 26.3 Å². The Morgan fingerprint density at radius 3 is 2.67 bits per heavy atom. The topological polar surface area (TPSA) is 58.6 Å². The summed E-state index contributed by atoms with van der Waals surface area (Å²) in [5.74, 6) is 0.639. The van der Waals surface area contributed by atoms with Gasteiger partial charge >= 0.3 is 0 Å². The van der Waals surface area contributed by atoms with Gasteiger partial charge < -0.3 is 15.2 Å². The first kappa shape index (κ1) is 14.5. The molecule has 1 aromatic rings. The minimum absolute atomic E-state index is 0.0690. The largest absolute Gasteiger partial charge is 0.496 e. The van der Waals surface area contributed by atoms with E-state index in [1.165, 1.54) is 0 Å². The van der Waals surface area contributed by atoms with Crippen molar-refractivity contribution in [1.29, 1.82) is 0 Å². The third kappa shape index (κ3) is 3.23. The Hall–Kier alpha value is -1.55. The van der Waals surface area contributed by atoms with Crippen LogP contribution in [0.25, 0.3) is 0 Å². The summed E-state index contributed by atoms with van der Waals surface area (Å²) in [6.45, 7) is 4.28. The zero-order valence-electron chi connectivity index (χ0n) is 11.2. The molecule has 2 N–H and O–H groups in total. The van der Waals surface area contributed by atoms with Crippen molar-refractivity contribution in [1.82, 2.24) is 5.32 Å². The van der Waals surface area contributed by atoms with Crippen LogP contribution in [0.2, 0.25) is 0 Å². The molecule has 0 atom stereocenters. The standard InChI is InChI=1S/C14H21NO3/c1-14(2,13(17)15-9-6-10-16)11-7-4-5-8-12(11)18-3/h4-5,7-8,16H,6,9-10H2,1-3H3,(H,15,17). The minimum atomic E-state index is -0.665. The van der Waals surface area contributed by atoms with Crippen LogP contribution in [0.15, 0.2) is 24.3 Å². The molecule has 0 unspecified atom stereocenters. The van der Waals surface area contributed by atoms with Crippen LogP contribution in [0, 0.1) is 0 Å². The molecule has 0 aliphatic heterocycles. The first-order valence-electron chi connectivity index (χ1n) is 6.06. The Kier molecular flexibility index (Phi) is 5.16. The smallest absolute Gasteiger partial charge is 0.230 e.